The Kier molecular flexibility index (Phi) is 49.4. The van der Waals surface area contributed by atoms with E-state index >= 15 is 0 Å². The predicted molar refractivity (Wildman–Crippen MR) is 17.8 cm³/mol. The van der Waals surface area contributed by atoms with Crippen LogP contribution in [-0.4, -0.2) is 55.6 Å². The summed E-state index contributed by atoms with van der Waals surface area (Å²) in [5.74, 6) is 0. The van der Waals surface area contributed by atoms with Gasteiger partial charge in [-0.2, -0.15) is 0 Å². The van der Waals surface area contributed by atoms with E-state index in [2.05, 4.69) is 0 Å². The Labute approximate surface area is 90.4 Å². The van der Waals surface area contributed by atoms with Gasteiger partial charge in [0.1, 0.15) is 0 Å². The summed E-state index contributed by atoms with van der Waals surface area (Å²) in [6.45, 7) is 0. The molecule has 0 aliphatic rings. The van der Waals surface area contributed by atoms with Gasteiger partial charge in [-0.25, -0.2) is 0 Å². The van der Waals surface area contributed by atoms with Crippen LogP contribution in [0.3, 0.4) is 0 Å². The zero-order valence-corrected chi connectivity index (χ0v) is 6.71. The average molecular weight is 391 g/mol. The monoisotopic (exact) mass is 391 g/mol. The number of hydrogen-bond donors (Lipinski definition) is 0. The fraction of sp³-hybridized carbons (Fsp3) is 0. The van der Waals surface area contributed by atoms with E-state index in [1.54, 1.807) is 0 Å². The molecule has 0 bridgehead atoms. The molecular weight excluding hydrogens is 386 g/mol. The molecule has 0 heterocycles. The molecule has 0 spiro atoms. The molecule has 0 saturated carbocycles. The van der Waals surface area contributed by atoms with Gasteiger partial charge in [0.2, 0.25) is 0 Å². The van der Waals surface area contributed by atoms with E-state index in [0.29, 0.717) is 0 Å². The Morgan fingerprint density at radius 3 is 1.60 bits per heavy atom. The molecule has 0 atom stereocenters. The van der Waals surface area contributed by atoms with Gasteiger partial charge >= 0.3 is 92.8 Å². The molecule has 0 unspecified atom stereocenters. The number of hydrogen-bond acceptors (Lipinski definition) is 1. The van der Waals surface area contributed by atoms with Crippen LogP contribution in [0.5, 0.6) is 0 Å². The van der Waals surface area contributed by atoms with Crippen molar-refractivity contribution in [2.45, 2.75) is 0 Å². The molecule has 0 saturated heterocycles. The molecular formula is H4BeNbOSrTa. The second-order valence-corrected chi connectivity index (χ2v) is 3.95. The van der Waals surface area contributed by atoms with Crippen LogP contribution in [0.2, 0.25) is 0 Å². The van der Waals surface area contributed by atoms with Crippen molar-refractivity contribution in [3.63, 3.8) is 0 Å². The van der Waals surface area contributed by atoms with Gasteiger partial charge < -0.3 is 0 Å². The van der Waals surface area contributed by atoms with Crippen LogP contribution in [-0.2, 0) is 37.2 Å². The Morgan fingerprint density at radius 1 is 1.60 bits per heavy atom. The predicted octanol–water partition coefficient (Wildman–Crippen LogP) is -1.96. The van der Waals surface area contributed by atoms with E-state index < -0.39 is 16.3 Å². The quantitative estimate of drug-likeness (QED) is 0.439. The van der Waals surface area contributed by atoms with Crippen LogP contribution in [0.4, 0.5) is 0 Å². The molecule has 5 heavy (non-hydrogen) atoms. The minimum absolute atomic E-state index is 0. The van der Waals surface area contributed by atoms with Crippen molar-refractivity contribution in [3.05, 3.63) is 0 Å². The van der Waals surface area contributed by atoms with Gasteiger partial charge in [0, 0.05) is 0 Å². The van der Waals surface area contributed by atoms with Crippen molar-refractivity contribution in [2.24, 2.45) is 0 Å². The summed E-state index contributed by atoms with van der Waals surface area (Å²) in [5, 5.41) is 0. The van der Waals surface area contributed by atoms with Gasteiger partial charge in [0.05, 0.1) is 0 Å². The molecule has 0 rings (SSSR count). The molecule has 0 radical (unpaired) electrons. The molecule has 0 N–H and O–H groups in total. The molecule has 0 aliphatic carbocycles. The summed E-state index contributed by atoms with van der Waals surface area (Å²) in [5.41, 5.74) is 0. The first-order chi connectivity index (χ1) is 1.41. The van der Waals surface area contributed by atoms with Crippen molar-refractivity contribution >= 4 is 55.6 Å². The summed E-state index contributed by atoms with van der Waals surface area (Å²) < 4.78 is 9.13. The maximum atomic E-state index is 9.13. The zero-order chi connectivity index (χ0) is 2.71. The Bertz CT molecular complexity index is 19.1. The van der Waals surface area contributed by atoms with Crippen molar-refractivity contribution in [1.82, 2.24) is 0 Å². The molecule has 0 amide bonds. The summed E-state index contributed by atoms with van der Waals surface area (Å²) in [7, 11) is 0. The summed E-state index contributed by atoms with van der Waals surface area (Å²) >= 11 is 0.326. The fourth-order valence-electron chi connectivity index (χ4n) is 0. The molecule has 0 aromatic rings. The molecule has 24 valence electrons. The Morgan fingerprint density at radius 2 is 1.60 bits per heavy atom. The van der Waals surface area contributed by atoms with Crippen molar-refractivity contribution in [2.75, 3.05) is 0 Å². The van der Waals surface area contributed by atoms with Crippen molar-refractivity contribution < 1.29 is 37.2 Å². The SMILES string of the molecule is [BeH2].[O]=[Nb][Ta].[SrH2]. The topological polar surface area (TPSA) is 17.1 Å². The van der Waals surface area contributed by atoms with E-state index in [1.807, 2.05) is 0 Å². The second-order valence-electron chi connectivity index (χ2n) is 0.0816. The van der Waals surface area contributed by atoms with Gasteiger partial charge in [0.25, 0.3) is 0 Å². The molecule has 0 aromatic carbocycles. The normalized spacial score (nSPS) is 2.40. The third kappa shape index (κ3) is 19.6. The van der Waals surface area contributed by atoms with Crippen LogP contribution >= 0.6 is 0 Å². The van der Waals surface area contributed by atoms with Gasteiger partial charge in [0.15, 0.2) is 0 Å². The molecule has 1 nitrogen and oxygen atoms in total. The van der Waals surface area contributed by atoms with E-state index in [1.165, 1.54) is 0 Å². The van der Waals surface area contributed by atoms with Gasteiger partial charge in [-0.15, -0.1) is 0 Å². The maximum absolute atomic E-state index is 9.13. The fourth-order valence-corrected chi connectivity index (χ4v) is 0. The third-order valence-corrected chi connectivity index (χ3v) is 0. The standard InChI is InChI=1S/Be.Nb.O.Sr.Ta.4H. The van der Waals surface area contributed by atoms with E-state index in [-0.39, 0.29) is 55.6 Å². The second kappa shape index (κ2) is 15.8. The first-order valence-electron chi connectivity index (χ1n) is 0.383. The Hall–Kier alpha value is 2.93. The third-order valence-electron chi connectivity index (χ3n) is 0. The average Bonchev–Trinajstić information content (AvgIpc) is 0.918. The van der Waals surface area contributed by atoms with E-state index in [4.69, 9.17) is 3.25 Å². The van der Waals surface area contributed by atoms with Crippen LogP contribution in [0.15, 0.2) is 0 Å². The molecule has 5 heteroatoms. The van der Waals surface area contributed by atoms with E-state index in [0.717, 1.165) is 17.6 Å². The van der Waals surface area contributed by atoms with Gasteiger partial charge in [-0.3, -0.25) is 0 Å². The zero-order valence-electron chi connectivity index (χ0n) is 1.30. The Balaban J connectivity index is -0.0000000200. The van der Waals surface area contributed by atoms with Gasteiger partial charge in [-0.1, -0.05) is 0 Å². The van der Waals surface area contributed by atoms with Crippen LogP contribution in [0.25, 0.3) is 0 Å². The summed E-state index contributed by atoms with van der Waals surface area (Å²) in [4.78, 5) is 0. The first kappa shape index (κ1) is 15.7. The van der Waals surface area contributed by atoms with Crippen LogP contribution < -0.4 is 0 Å². The van der Waals surface area contributed by atoms with Gasteiger partial charge in [-0.05, 0) is 0 Å². The van der Waals surface area contributed by atoms with Crippen molar-refractivity contribution in [1.29, 1.82) is 0 Å². The summed E-state index contributed by atoms with van der Waals surface area (Å²) in [6, 6.07) is 0. The minimum atomic E-state index is -0.789. The van der Waals surface area contributed by atoms with E-state index in [9.17, 15) is 0 Å². The summed E-state index contributed by atoms with van der Waals surface area (Å²) in [6.07, 6.45) is 0. The molecule has 0 aliphatic heterocycles. The molecule has 0 aromatic heterocycles. The first-order valence-corrected chi connectivity index (χ1v) is 10.8. The van der Waals surface area contributed by atoms with Crippen molar-refractivity contribution in [3.8, 4) is 0 Å². The van der Waals surface area contributed by atoms with Crippen LogP contribution in [0, 0.1) is 0 Å². The van der Waals surface area contributed by atoms with Crippen LogP contribution in [0.1, 0.15) is 0 Å². The molecule has 0 fully saturated rings. The number of rotatable bonds is 0.